The molecule has 2 aromatic carbocycles. The first-order valence-electron chi connectivity index (χ1n) is 8.20. The van der Waals surface area contributed by atoms with Crippen LogP contribution in [0.1, 0.15) is 33.2 Å². The van der Waals surface area contributed by atoms with Gasteiger partial charge in [-0.2, -0.15) is 0 Å². The molecule has 0 aliphatic carbocycles. The molecule has 0 saturated carbocycles. The van der Waals surface area contributed by atoms with Crippen molar-refractivity contribution < 1.29 is 9.59 Å². The van der Waals surface area contributed by atoms with Gasteiger partial charge in [0.2, 0.25) is 0 Å². The third-order valence-electron chi connectivity index (χ3n) is 3.94. The van der Waals surface area contributed by atoms with Crippen molar-refractivity contribution in [2.75, 3.05) is 0 Å². The second-order valence-electron chi connectivity index (χ2n) is 6.02. The van der Waals surface area contributed by atoms with E-state index in [-0.39, 0.29) is 17.7 Å². The highest BCUT2D eigenvalue weighted by molar-refractivity contribution is 6.30. The highest BCUT2D eigenvalue weighted by Crippen LogP contribution is 2.17. The Balaban J connectivity index is 1.78. The maximum absolute atomic E-state index is 12.8. The van der Waals surface area contributed by atoms with E-state index >= 15 is 0 Å². The van der Waals surface area contributed by atoms with Crippen LogP contribution in [-0.2, 0) is 6.54 Å². The number of halogens is 1. The number of aromatic nitrogens is 2. The molecule has 132 valence electrons. The minimum atomic E-state index is -0.282. The Kier molecular flexibility index (Phi) is 5.49. The van der Waals surface area contributed by atoms with Crippen LogP contribution in [0.5, 0.6) is 0 Å². The molecule has 0 saturated heterocycles. The summed E-state index contributed by atoms with van der Waals surface area (Å²) in [5, 5.41) is 3.49. The van der Waals surface area contributed by atoms with Crippen LogP contribution in [0, 0.1) is 0 Å². The van der Waals surface area contributed by atoms with Gasteiger partial charge in [0.1, 0.15) is 0 Å². The van der Waals surface area contributed by atoms with Crippen LogP contribution in [0.4, 0.5) is 0 Å². The highest BCUT2D eigenvalue weighted by Gasteiger charge is 2.19. The molecule has 1 atom stereocenters. The molecule has 1 heterocycles. The SMILES string of the molecule is CC(Cn1ccnc1)NC(=O)c1ccccc1C(=O)c1ccc(Cl)cc1. The predicted molar refractivity (Wildman–Crippen MR) is 100 cm³/mol. The van der Waals surface area contributed by atoms with E-state index in [9.17, 15) is 9.59 Å². The van der Waals surface area contributed by atoms with Crippen molar-refractivity contribution in [3.05, 3.63) is 89.0 Å². The van der Waals surface area contributed by atoms with Gasteiger partial charge in [-0.3, -0.25) is 9.59 Å². The Morgan fingerprint density at radius 1 is 1.12 bits per heavy atom. The zero-order valence-electron chi connectivity index (χ0n) is 14.2. The maximum atomic E-state index is 12.8. The van der Waals surface area contributed by atoms with E-state index in [2.05, 4.69) is 10.3 Å². The summed E-state index contributed by atoms with van der Waals surface area (Å²) in [6.45, 7) is 2.50. The van der Waals surface area contributed by atoms with Gasteiger partial charge in [-0.15, -0.1) is 0 Å². The number of nitrogens with zero attached hydrogens (tertiary/aromatic N) is 2. The molecular formula is C20H18ClN3O2. The third-order valence-corrected chi connectivity index (χ3v) is 4.20. The van der Waals surface area contributed by atoms with Gasteiger partial charge in [0.25, 0.3) is 5.91 Å². The van der Waals surface area contributed by atoms with Gasteiger partial charge < -0.3 is 9.88 Å². The Hall–Kier alpha value is -2.92. The average molecular weight is 368 g/mol. The molecule has 0 aliphatic heterocycles. The van der Waals surface area contributed by atoms with Crippen molar-refractivity contribution in [2.24, 2.45) is 0 Å². The lowest BCUT2D eigenvalue weighted by molar-refractivity contribution is 0.0926. The minimum absolute atomic E-state index is 0.115. The standard InChI is InChI=1S/C20H18ClN3O2/c1-14(12-24-11-10-22-13-24)23-20(26)18-5-3-2-4-17(18)19(25)15-6-8-16(21)9-7-15/h2-11,13-14H,12H2,1H3,(H,23,26). The number of rotatable bonds is 6. The predicted octanol–water partition coefficient (Wildman–Crippen LogP) is 3.59. The summed E-state index contributed by atoms with van der Waals surface area (Å²) in [6.07, 6.45) is 5.22. The van der Waals surface area contributed by atoms with E-state index in [1.807, 2.05) is 17.7 Å². The topological polar surface area (TPSA) is 64.0 Å². The van der Waals surface area contributed by atoms with Crippen molar-refractivity contribution in [3.8, 4) is 0 Å². The van der Waals surface area contributed by atoms with Crippen LogP contribution in [0.15, 0.2) is 67.3 Å². The Morgan fingerprint density at radius 2 is 1.81 bits per heavy atom. The number of carbonyl (C=O) groups excluding carboxylic acids is 2. The van der Waals surface area contributed by atoms with E-state index in [1.165, 1.54) is 0 Å². The molecule has 0 aliphatic rings. The number of nitrogens with one attached hydrogen (secondary N) is 1. The summed E-state index contributed by atoms with van der Waals surface area (Å²) in [5.74, 6) is -0.495. The summed E-state index contributed by atoms with van der Waals surface area (Å²) in [6, 6.07) is 13.3. The fraction of sp³-hybridized carbons (Fsp3) is 0.150. The summed E-state index contributed by atoms with van der Waals surface area (Å²) in [4.78, 5) is 29.5. The van der Waals surface area contributed by atoms with Gasteiger partial charge in [0.05, 0.1) is 11.9 Å². The van der Waals surface area contributed by atoms with E-state index < -0.39 is 0 Å². The van der Waals surface area contributed by atoms with Crippen LogP contribution < -0.4 is 5.32 Å². The number of carbonyl (C=O) groups is 2. The third kappa shape index (κ3) is 4.18. The van der Waals surface area contributed by atoms with Crippen LogP contribution in [-0.4, -0.2) is 27.3 Å². The number of hydrogen-bond acceptors (Lipinski definition) is 3. The number of benzene rings is 2. The van der Waals surface area contributed by atoms with Gasteiger partial charge in [-0.05, 0) is 37.3 Å². The van der Waals surface area contributed by atoms with E-state index in [4.69, 9.17) is 11.6 Å². The van der Waals surface area contributed by atoms with Crippen LogP contribution >= 0.6 is 11.6 Å². The fourth-order valence-electron chi connectivity index (χ4n) is 2.69. The first-order valence-corrected chi connectivity index (χ1v) is 8.58. The quantitative estimate of drug-likeness (QED) is 0.677. The zero-order chi connectivity index (χ0) is 18.5. The van der Waals surface area contributed by atoms with Crippen molar-refractivity contribution in [1.29, 1.82) is 0 Å². The lowest BCUT2D eigenvalue weighted by atomic mass is 9.98. The van der Waals surface area contributed by atoms with Gasteiger partial charge in [-0.1, -0.05) is 29.8 Å². The molecule has 0 fully saturated rings. The molecule has 3 rings (SSSR count). The molecule has 0 spiro atoms. The van der Waals surface area contributed by atoms with E-state index in [1.54, 1.807) is 61.1 Å². The molecule has 26 heavy (non-hydrogen) atoms. The van der Waals surface area contributed by atoms with E-state index in [0.29, 0.717) is 28.3 Å². The minimum Gasteiger partial charge on any atom is -0.348 e. The lowest BCUT2D eigenvalue weighted by Crippen LogP contribution is -2.36. The van der Waals surface area contributed by atoms with Gasteiger partial charge in [-0.25, -0.2) is 4.98 Å². The summed E-state index contributed by atoms with van der Waals surface area (Å²) in [7, 11) is 0. The van der Waals surface area contributed by atoms with Crippen molar-refractivity contribution in [2.45, 2.75) is 19.5 Å². The molecular weight excluding hydrogens is 350 g/mol. The molecule has 1 unspecified atom stereocenters. The Bertz CT molecular complexity index is 905. The summed E-state index contributed by atoms with van der Waals surface area (Å²) in [5.41, 5.74) is 1.20. The molecule has 1 N–H and O–H groups in total. The maximum Gasteiger partial charge on any atom is 0.252 e. The highest BCUT2D eigenvalue weighted by atomic mass is 35.5. The van der Waals surface area contributed by atoms with Crippen LogP contribution in [0.2, 0.25) is 5.02 Å². The first kappa shape index (κ1) is 17.9. The number of hydrogen-bond donors (Lipinski definition) is 1. The summed E-state index contributed by atoms with van der Waals surface area (Å²) >= 11 is 5.88. The Labute approximate surface area is 156 Å². The molecule has 0 bridgehead atoms. The van der Waals surface area contributed by atoms with Crippen LogP contribution in [0.25, 0.3) is 0 Å². The van der Waals surface area contributed by atoms with Crippen molar-refractivity contribution >= 4 is 23.3 Å². The van der Waals surface area contributed by atoms with Crippen LogP contribution in [0.3, 0.4) is 0 Å². The smallest absolute Gasteiger partial charge is 0.252 e. The van der Waals surface area contributed by atoms with Gasteiger partial charge >= 0.3 is 0 Å². The largest absolute Gasteiger partial charge is 0.348 e. The lowest BCUT2D eigenvalue weighted by Gasteiger charge is -2.16. The second-order valence-corrected chi connectivity index (χ2v) is 6.45. The Morgan fingerprint density at radius 3 is 2.46 bits per heavy atom. The monoisotopic (exact) mass is 367 g/mol. The van der Waals surface area contributed by atoms with Gasteiger partial charge in [0, 0.05) is 41.1 Å². The first-order chi connectivity index (χ1) is 12.5. The number of ketones is 1. The normalized spacial score (nSPS) is 11.8. The number of amides is 1. The van der Waals surface area contributed by atoms with Crippen molar-refractivity contribution in [3.63, 3.8) is 0 Å². The fourth-order valence-corrected chi connectivity index (χ4v) is 2.82. The number of imidazole rings is 1. The van der Waals surface area contributed by atoms with Crippen molar-refractivity contribution in [1.82, 2.24) is 14.9 Å². The molecule has 5 nitrogen and oxygen atoms in total. The van der Waals surface area contributed by atoms with Gasteiger partial charge in [0.15, 0.2) is 5.78 Å². The molecule has 1 aromatic heterocycles. The molecule has 0 radical (unpaired) electrons. The second kappa shape index (κ2) is 7.97. The van der Waals surface area contributed by atoms with E-state index in [0.717, 1.165) is 0 Å². The molecule has 6 heteroatoms. The average Bonchev–Trinajstić information content (AvgIpc) is 3.14. The zero-order valence-corrected chi connectivity index (χ0v) is 15.0. The summed E-state index contributed by atoms with van der Waals surface area (Å²) < 4.78 is 1.88. The molecule has 3 aromatic rings. The molecule has 1 amide bonds.